The van der Waals surface area contributed by atoms with Crippen molar-refractivity contribution in [2.45, 2.75) is 18.9 Å². The van der Waals surface area contributed by atoms with E-state index in [2.05, 4.69) is 22.2 Å². The average molecular weight is 275 g/mol. The maximum atomic E-state index is 10.9. The van der Waals surface area contributed by atoms with Crippen molar-refractivity contribution in [3.05, 3.63) is 23.8 Å². The zero-order valence-corrected chi connectivity index (χ0v) is 11.3. The monoisotopic (exact) mass is 275 g/mol. The second kappa shape index (κ2) is 5.13. The lowest BCUT2D eigenvalue weighted by molar-refractivity contribution is 0.0697. The number of oxazole rings is 1. The number of aromatic carboxylic acids is 1. The maximum absolute atomic E-state index is 10.9. The third-order valence-corrected chi connectivity index (χ3v) is 3.59. The van der Waals surface area contributed by atoms with Gasteiger partial charge in [-0.05, 0) is 44.6 Å². The summed E-state index contributed by atoms with van der Waals surface area (Å²) in [6, 6.07) is 5.48. The summed E-state index contributed by atoms with van der Waals surface area (Å²) in [5.41, 5.74) is 1.37. The number of aromatic nitrogens is 1. The van der Waals surface area contributed by atoms with Crippen molar-refractivity contribution in [1.82, 2.24) is 9.88 Å². The summed E-state index contributed by atoms with van der Waals surface area (Å²) in [5.74, 6) is -0.966. The first-order valence-electron chi connectivity index (χ1n) is 6.71. The molecule has 0 saturated carbocycles. The number of carboxylic acid groups (broad SMARTS) is 1. The minimum Gasteiger partial charge on any atom is -0.478 e. The molecule has 1 aliphatic rings. The van der Waals surface area contributed by atoms with Gasteiger partial charge in [-0.25, -0.2) is 4.79 Å². The van der Waals surface area contributed by atoms with Gasteiger partial charge in [0.2, 0.25) is 0 Å². The molecular formula is C14H17N3O3. The van der Waals surface area contributed by atoms with E-state index in [1.165, 1.54) is 12.1 Å². The molecular weight excluding hydrogens is 258 g/mol. The Bertz CT molecular complexity index is 638. The second-order valence-corrected chi connectivity index (χ2v) is 5.25. The Kier molecular flexibility index (Phi) is 3.31. The fraction of sp³-hybridized carbons (Fsp3) is 0.429. The first-order valence-corrected chi connectivity index (χ1v) is 6.71. The van der Waals surface area contributed by atoms with Gasteiger partial charge in [0.25, 0.3) is 6.01 Å². The molecule has 3 rings (SSSR count). The number of rotatable bonds is 3. The number of nitrogens with zero attached hydrogens (tertiary/aromatic N) is 2. The van der Waals surface area contributed by atoms with Crippen LogP contribution in [0.3, 0.4) is 0 Å². The number of hydrogen-bond donors (Lipinski definition) is 2. The Hall–Kier alpha value is -2.08. The standard InChI is InChI=1S/C14H17N3O3/c1-17-6-2-3-10(8-17)15-14-16-11-5-4-9(13(18)19)7-12(11)20-14/h4-5,7,10H,2-3,6,8H2,1H3,(H,15,16)(H,18,19). The van der Waals surface area contributed by atoms with E-state index in [1.54, 1.807) is 6.07 Å². The van der Waals surface area contributed by atoms with Gasteiger partial charge >= 0.3 is 5.97 Å². The molecule has 0 amide bonds. The number of nitrogens with one attached hydrogen (secondary N) is 1. The van der Waals surface area contributed by atoms with Crippen molar-refractivity contribution in [2.75, 3.05) is 25.5 Å². The summed E-state index contributed by atoms with van der Waals surface area (Å²) in [7, 11) is 2.10. The van der Waals surface area contributed by atoms with Crippen LogP contribution < -0.4 is 5.32 Å². The highest BCUT2D eigenvalue weighted by molar-refractivity contribution is 5.92. The van der Waals surface area contributed by atoms with Crippen LogP contribution >= 0.6 is 0 Å². The highest BCUT2D eigenvalue weighted by atomic mass is 16.4. The van der Waals surface area contributed by atoms with Crippen LogP contribution in [0.15, 0.2) is 22.6 Å². The third kappa shape index (κ3) is 2.60. The number of likely N-dealkylation sites (tertiary alicyclic amines) is 1. The van der Waals surface area contributed by atoms with Crippen LogP contribution in [0.25, 0.3) is 11.1 Å². The summed E-state index contributed by atoms with van der Waals surface area (Å²) < 4.78 is 5.59. The highest BCUT2D eigenvalue weighted by Gasteiger charge is 2.19. The first-order chi connectivity index (χ1) is 9.61. The molecule has 0 aliphatic carbocycles. The minimum atomic E-state index is -0.966. The fourth-order valence-electron chi connectivity index (χ4n) is 2.58. The Balaban J connectivity index is 1.80. The smallest absolute Gasteiger partial charge is 0.335 e. The third-order valence-electron chi connectivity index (χ3n) is 3.59. The maximum Gasteiger partial charge on any atom is 0.335 e. The van der Waals surface area contributed by atoms with Gasteiger partial charge in [-0.15, -0.1) is 0 Å². The Morgan fingerprint density at radius 3 is 3.15 bits per heavy atom. The zero-order chi connectivity index (χ0) is 14.1. The first kappa shape index (κ1) is 12.9. The number of benzene rings is 1. The molecule has 1 unspecified atom stereocenters. The van der Waals surface area contributed by atoms with Crippen LogP contribution in [0.1, 0.15) is 23.2 Å². The van der Waals surface area contributed by atoms with Gasteiger partial charge < -0.3 is 19.7 Å². The van der Waals surface area contributed by atoms with E-state index >= 15 is 0 Å². The minimum absolute atomic E-state index is 0.206. The predicted octanol–water partition coefficient (Wildman–Crippen LogP) is 2.03. The molecule has 6 nitrogen and oxygen atoms in total. The molecule has 106 valence electrons. The van der Waals surface area contributed by atoms with Crippen molar-refractivity contribution in [3.63, 3.8) is 0 Å². The normalized spacial score (nSPS) is 20.1. The molecule has 1 aliphatic heterocycles. The molecule has 1 aromatic heterocycles. The summed E-state index contributed by atoms with van der Waals surface area (Å²) in [4.78, 5) is 17.5. The molecule has 1 aromatic carbocycles. The molecule has 1 saturated heterocycles. The zero-order valence-electron chi connectivity index (χ0n) is 11.3. The molecule has 2 aromatic rings. The lowest BCUT2D eigenvalue weighted by Crippen LogP contribution is -2.39. The summed E-state index contributed by atoms with van der Waals surface area (Å²) in [5, 5.41) is 12.2. The Labute approximate surface area is 116 Å². The van der Waals surface area contributed by atoms with Crippen molar-refractivity contribution >= 4 is 23.1 Å². The molecule has 2 heterocycles. The van der Waals surface area contributed by atoms with Crippen LogP contribution in [-0.2, 0) is 0 Å². The lowest BCUT2D eigenvalue weighted by atomic mass is 10.1. The van der Waals surface area contributed by atoms with Crippen LogP contribution in [-0.4, -0.2) is 47.1 Å². The van der Waals surface area contributed by atoms with Crippen LogP contribution in [0.4, 0.5) is 6.01 Å². The van der Waals surface area contributed by atoms with E-state index in [0.29, 0.717) is 23.2 Å². The van der Waals surface area contributed by atoms with Gasteiger partial charge in [-0.1, -0.05) is 0 Å². The van der Waals surface area contributed by atoms with Crippen molar-refractivity contribution in [3.8, 4) is 0 Å². The number of carbonyl (C=O) groups is 1. The van der Waals surface area contributed by atoms with Crippen LogP contribution in [0, 0.1) is 0 Å². The van der Waals surface area contributed by atoms with Gasteiger partial charge in [-0.3, -0.25) is 0 Å². The van der Waals surface area contributed by atoms with Crippen LogP contribution in [0.2, 0.25) is 0 Å². The van der Waals surface area contributed by atoms with Gasteiger partial charge in [0.15, 0.2) is 5.58 Å². The van der Waals surface area contributed by atoms with E-state index in [1.807, 2.05) is 0 Å². The summed E-state index contributed by atoms with van der Waals surface area (Å²) in [6.45, 7) is 2.08. The van der Waals surface area contributed by atoms with Crippen LogP contribution in [0.5, 0.6) is 0 Å². The van der Waals surface area contributed by atoms with E-state index in [4.69, 9.17) is 9.52 Å². The van der Waals surface area contributed by atoms with Crippen molar-refractivity contribution in [2.24, 2.45) is 0 Å². The highest BCUT2D eigenvalue weighted by Crippen LogP contribution is 2.22. The SMILES string of the molecule is CN1CCCC(Nc2nc3ccc(C(=O)O)cc3o2)C1. The van der Waals surface area contributed by atoms with E-state index in [0.717, 1.165) is 25.9 Å². The quantitative estimate of drug-likeness (QED) is 0.892. The average Bonchev–Trinajstić information content (AvgIpc) is 2.79. The largest absolute Gasteiger partial charge is 0.478 e. The molecule has 0 radical (unpaired) electrons. The molecule has 20 heavy (non-hydrogen) atoms. The van der Waals surface area contributed by atoms with E-state index < -0.39 is 5.97 Å². The summed E-state index contributed by atoms with van der Waals surface area (Å²) >= 11 is 0. The van der Waals surface area contributed by atoms with Gasteiger partial charge in [0.05, 0.1) is 5.56 Å². The molecule has 1 fully saturated rings. The molecule has 1 atom stereocenters. The molecule has 0 bridgehead atoms. The van der Waals surface area contributed by atoms with Crippen molar-refractivity contribution in [1.29, 1.82) is 0 Å². The molecule has 6 heteroatoms. The number of anilines is 1. The van der Waals surface area contributed by atoms with Crippen molar-refractivity contribution < 1.29 is 14.3 Å². The molecule has 0 spiro atoms. The Morgan fingerprint density at radius 2 is 2.40 bits per heavy atom. The predicted molar refractivity (Wildman–Crippen MR) is 75.1 cm³/mol. The number of likely N-dealkylation sites (N-methyl/N-ethyl adjacent to an activating group) is 1. The number of hydrogen-bond acceptors (Lipinski definition) is 5. The topological polar surface area (TPSA) is 78.6 Å². The number of fused-ring (bicyclic) bond motifs is 1. The van der Waals surface area contributed by atoms with E-state index in [-0.39, 0.29) is 5.56 Å². The number of carboxylic acids is 1. The fourth-order valence-corrected chi connectivity index (χ4v) is 2.58. The van der Waals surface area contributed by atoms with E-state index in [9.17, 15) is 4.79 Å². The second-order valence-electron chi connectivity index (χ2n) is 5.25. The number of piperidine rings is 1. The van der Waals surface area contributed by atoms with Gasteiger partial charge in [-0.2, -0.15) is 4.98 Å². The molecule has 2 N–H and O–H groups in total. The summed E-state index contributed by atoms with van der Waals surface area (Å²) in [6.07, 6.45) is 2.24. The van der Waals surface area contributed by atoms with Gasteiger partial charge in [0.1, 0.15) is 5.52 Å². The van der Waals surface area contributed by atoms with Gasteiger partial charge in [0, 0.05) is 12.6 Å². The lowest BCUT2D eigenvalue weighted by Gasteiger charge is -2.29. The Morgan fingerprint density at radius 1 is 1.55 bits per heavy atom.